The van der Waals surface area contributed by atoms with Crippen molar-refractivity contribution in [3.63, 3.8) is 0 Å². The van der Waals surface area contributed by atoms with Gasteiger partial charge >= 0.3 is 12.0 Å². The molecule has 0 radical (unpaired) electrons. The maximum Gasteiger partial charge on any atom is 0.317 e. The maximum absolute atomic E-state index is 12.2. The Bertz CT molecular complexity index is 353. The monoisotopic (exact) mass is 282 g/mol. The molecule has 2 rings (SSSR count). The van der Waals surface area contributed by atoms with Crippen LogP contribution in [-0.4, -0.2) is 41.1 Å². The van der Waals surface area contributed by atoms with E-state index < -0.39 is 5.97 Å². The van der Waals surface area contributed by atoms with E-state index in [9.17, 15) is 9.59 Å². The average molecular weight is 282 g/mol. The molecule has 2 aliphatic rings. The Morgan fingerprint density at radius 1 is 1.25 bits per heavy atom. The molecule has 1 saturated carbocycles. The number of amides is 2. The van der Waals surface area contributed by atoms with E-state index in [4.69, 9.17) is 5.11 Å². The van der Waals surface area contributed by atoms with Crippen molar-refractivity contribution in [2.24, 2.45) is 11.8 Å². The third kappa shape index (κ3) is 4.12. The van der Waals surface area contributed by atoms with Crippen LogP contribution >= 0.6 is 0 Å². The number of urea groups is 1. The number of carboxylic acid groups (broad SMARTS) is 1. The van der Waals surface area contributed by atoms with E-state index in [1.165, 1.54) is 32.1 Å². The molecule has 2 unspecified atom stereocenters. The second-order valence-electron chi connectivity index (χ2n) is 6.33. The van der Waals surface area contributed by atoms with Gasteiger partial charge in [-0.1, -0.05) is 19.3 Å². The van der Waals surface area contributed by atoms with E-state index in [0.29, 0.717) is 19.0 Å². The first kappa shape index (κ1) is 15.1. The van der Waals surface area contributed by atoms with Crippen molar-refractivity contribution in [2.75, 3.05) is 13.1 Å². The van der Waals surface area contributed by atoms with Crippen LogP contribution in [0.25, 0.3) is 0 Å². The Balaban J connectivity index is 1.75. The number of nitrogens with one attached hydrogen (secondary N) is 1. The molecular formula is C15H26N2O3. The van der Waals surface area contributed by atoms with E-state index in [1.54, 1.807) is 4.90 Å². The summed E-state index contributed by atoms with van der Waals surface area (Å²) >= 11 is 0. The molecule has 1 saturated heterocycles. The first-order chi connectivity index (χ1) is 9.56. The lowest BCUT2D eigenvalue weighted by atomic mass is 9.84. The van der Waals surface area contributed by atoms with Crippen LogP contribution in [0.15, 0.2) is 0 Å². The number of carboxylic acids is 1. The van der Waals surface area contributed by atoms with E-state index in [1.807, 2.05) is 0 Å². The number of likely N-dealkylation sites (tertiary alicyclic amines) is 1. The van der Waals surface area contributed by atoms with Crippen molar-refractivity contribution >= 4 is 12.0 Å². The summed E-state index contributed by atoms with van der Waals surface area (Å²) in [5, 5.41) is 11.9. The zero-order valence-electron chi connectivity index (χ0n) is 12.3. The van der Waals surface area contributed by atoms with Crippen molar-refractivity contribution in [3.8, 4) is 0 Å². The summed E-state index contributed by atoms with van der Waals surface area (Å²) in [5.74, 6) is -0.0545. The first-order valence-corrected chi connectivity index (χ1v) is 7.83. The number of rotatable bonds is 4. The molecule has 2 amide bonds. The lowest BCUT2D eigenvalue weighted by Gasteiger charge is -2.30. The normalized spacial score (nSPS) is 25.4. The third-order valence-electron chi connectivity index (χ3n) is 4.74. The van der Waals surface area contributed by atoms with Gasteiger partial charge in [0.1, 0.15) is 0 Å². The zero-order valence-corrected chi connectivity index (χ0v) is 12.3. The SMILES string of the molecule is CC(NC(=O)N1CCC(CC(=O)O)C1)C1CCCCC1. The average Bonchev–Trinajstić information content (AvgIpc) is 2.87. The molecule has 1 heterocycles. The van der Waals surface area contributed by atoms with Gasteiger partial charge in [-0.3, -0.25) is 4.79 Å². The minimum absolute atomic E-state index is 0.0176. The predicted molar refractivity (Wildman–Crippen MR) is 76.5 cm³/mol. The third-order valence-corrected chi connectivity index (χ3v) is 4.74. The van der Waals surface area contributed by atoms with Gasteiger partial charge in [0, 0.05) is 25.6 Å². The Morgan fingerprint density at radius 3 is 2.60 bits per heavy atom. The predicted octanol–water partition coefficient (Wildman–Crippen LogP) is 2.46. The van der Waals surface area contributed by atoms with E-state index in [0.717, 1.165) is 6.42 Å². The van der Waals surface area contributed by atoms with Crippen LogP contribution in [0.5, 0.6) is 0 Å². The highest BCUT2D eigenvalue weighted by atomic mass is 16.4. The van der Waals surface area contributed by atoms with Gasteiger partial charge in [-0.05, 0) is 38.0 Å². The molecule has 2 N–H and O–H groups in total. The summed E-state index contributed by atoms with van der Waals surface area (Å²) in [5.41, 5.74) is 0. The van der Waals surface area contributed by atoms with Crippen molar-refractivity contribution in [1.29, 1.82) is 0 Å². The second-order valence-corrected chi connectivity index (χ2v) is 6.33. The molecule has 114 valence electrons. The van der Waals surface area contributed by atoms with Crippen LogP contribution in [0.2, 0.25) is 0 Å². The molecule has 1 aliphatic carbocycles. The van der Waals surface area contributed by atoms with Crippen LogP contribution in [0.4, 0.5) is 4.79 Å². The van der Waals surface area contributed by atoms with Crippen molar-refractivity contribution in [2.45, 2.75) is 57.9 Å². The van der Waals surface area contributed by atoms with Crippen molar-refractivity contribution in [3.05, 3.63) is 0 Å². The van der Waals surface area contributed by atoms with Crippen LogP contribution in [0, 0.1) is 11.8 Å². The Kier molecular flexibility index (Phi) is 5.26. The lowest BCUT2D eigenvalue weighted by Crippen LogP contribution is -2.46. The van der Waals surface area contributed by atoms with Gasteiger partial charge in [0.15, 0.2) is 0 Å². The molecule has 0 spiro atoms. The topological polar surface area (TPSA) is 69.6 Å². The molecule has 5 nitrogen and oxygen atoms in total. The van der Waals surface area contributed by atoms with Gasteiger partial charge < -0.3 is 15.3 Å². The quantitative estimate of drug-likeness (QED) is 0.832. The number of hydrogen-bond acceptors (Lipinski definition) is 2. The number of carbonyl (C=O) groups is 2. The van der Waals surface area contributed by atoms with Crippen molar-refractivity contribution < 1.29 is 14.7 Å². The van der Waals surface area contributed by atoms with Gasteiger partial charge in [0.2, 0.25) is 0 Å². The van der Waals surface area contributed by atoms with E-state index in [-0.39, 0.29) is 24.4 Å². The number of nitrogens with zero attached hydrogens (tertiary/aromatic N) is 1. The van der Waals surface area contributed by atoms with E-state index >= 15 is 0 Å². The standard InChI is InChI=1S/C15H26N2O3/c1-11(13-5-3-2-4-6-13)16-15(20)17-8-7-12(10-17)9-14(18)19/h11-13H,2-10H2,1H3,(H,16,20)(H,18,19). The molecule has 0 aromatic rings. The van der Waals surface area contributed by atoms with Crippen LogP contribution in [-0.2, 0) is 4.79 Å². The summed E-state index contributed by atoms with van der Waals surface area (Å²) in [6.45, 7) is 3.36. The van der Waals surface area contributed by atoms with Gasteiger partial charge in [-0.2, -0.15) is 0 Å². The highest BCUT2D eigenvalue weighted by molar-refractivity contribution is 5.75. The fraction of sp³-hybridized carbons (Fsp3) is 0.867. The molecular weight excluding hydrogens is 256 g/mol. The van der Waals surface area contributed by atoms with Gasteiger partial charge in [0.25, 0.3) is 0 Å². The maximum atomic E-state index is 12.2. The molecule has 2 atom stereocenters. The lowest BCUT2D eigenvalue weighted by molar-refractivity contribution is -0.138. The number of aliphatic carboxylic acids is 1. The summed E-state index contributed by atoms with van der Waals surface area (Å²) < 4.78 is 0. The second kappa shape index (κ2) is 6.95. The smallest absolute Gasteiger partial charge is 0.317 e. The first-order valence-electron chi connectivity index (χ1n) is 7.83. The van der Waals surface area contributed by atoms with Gasteiger partial charge in [-0.25, -0.2) is 4.79 Å². The largest absolute Gasteiger partial charge is 0.481 e. The summed E-state index contributed by atoms with van der Waals surface area (Å²) in [6, 6.07) is 0.206. The molecule has 0 aromatic heterocycles. The van der Waals surface area contributed by atoms with Gasteiger partial charge in [-0.15, -0.1) is 0 Å². The van der Waals surface area contributed by atoms with Gasteiger partial charge in [0.05, 0.1) is 0 Å². The molecule has 0 aromatic carbocycles. The fourth-order valence-corrected chi connectivity index (χ4v) is 3.47. The fourth-order valence-electron chi connectivity index (χ4n) is 3.47. The Labute approximate surface area is 120 Å². The summed E-state index contributed by atoms with van der Waals surface area (Å²) in [7, 11) is 0. The Morgan fingerprint density at radius 2 is 1.95 bits per heavy atom. The molecule has 1 aliphatic heterocycles. The van der Waals surface area contributed by atoms with E-state index in [2.05, 4.69) is 12.2 Å². The summed E-state index contributed by atoms with van der Waals surface area (Å²) in [6.07, 6.45) is 7.26. The zero-order chi connectivity index (χ0) is 14.5. The highest BCUT2D eigenvalue weighted by Crippen LogP contribution is 2.26. The number of hydrogen-bond donors (Lipinski definition) is 2. The van der Waals surface area contributed by atoms with Crippen LogP contribution < -0.4 is 5.32 Å². The molecule has 2 fully saturated rings. The minimum atomic E-state index is -0.771. The molecule has 20 heavy (non-hydrogen) atoms. The number of carbonyl (C=O) groups excluding carboxylic acids is 1. The minimum Gasteiger partial charge on any atom is -0.481 e. The highest BCUT2D eigenvalue weighted by Gasteiger charge is 2.29. The Hall–Kier alpha value is -1.26. The van der Waals surface area contributed by atoms with Crippen LogP contribution in [0.3, 0.4) is 0 Å². The molecule has 5 heteroatoms. The van der Waals surface area contributed by atoms with Crippen LogP contribution in [0.1, 0.15) is 51.9 Å². The summed E-state index contributed by atoms with van der Waals surface area (Å²) in [4.78, 5) is 24.7. The molecule has 0 bridgehead atoms. The van der Waals surface area contributed by atoms with Crippen molar-refractivity contribution in [1.82, 2.24) is 10.2 Å².